The largest absolute Gasteiger partial charge is 0.393 e. The average molecular weight is 383 g/mol. The first-order chi connectivity index (χ1) is 13.6. The molecule has 0 saturated heterocycles. The summed E-state index contributed by atoms with van der Waals surface area (Å²) in [4.78, 5) is 10.5. The fourth-order valence-electron chi connectivity index (χ4n) is 5.04. The Balaban J connectivity index is 1.56. The van der Waals surface area contributed by atoms with Gasteiger partial charge in [0.05, 0.1) is 28.6 Å². The molecule has 2 aromatic heterocycles. The third-order valence-electron chi connectivity index (χ3n) is 6.55. The van der Waals surface area contributed by atoms with Crippen LogP contribution in [0.2, 0.25) is 0 Å². The molecule has 0 atom stereocenters. The highest BCUT2D eigenvalue weighted by Crippen LogP contribution is 2.45. The fraction of sp³-hybridized carbons (Fsp3) is 0.667. The Bertz CT molecular complexity index is 923. The van der Waals surface area contributed by atoms with Crippen LogP contribution in [-0.4, -0.2) is 43.3 Å². The Morgan fingerprint density at radius 2 is 2.07 bits per heavy atom. The van der Waals surface area contributed by atoms with Crippen molar-refractivity contribution in [3.63, 3.8) is 0 Å². The van der Waals surface area contributed by atoms with Gasteiger partial charge < -0.3 is 15.3 Å². The van der Waals surface area contributed by atoms with E-state index in [1.165, 1.54) is 32.1 Å². The number of aryl methyl sites for hydroxylation is 2. The number of hydrogen-bond acceptors (Lipinski definition) is 6. The lowest BCUT2D eigenvalue weighted by Crippen LogP contribution is -2.47. The molecule has 1 spiro atoms. The maximum absolute atomic E-state index is 9.74. The Kier molecular flexibility index (Phi) is 4.30. The second kappa shape index (κ2) is 6.72. The molecule has 3 aliphatic rings. The Hall–Kier alpha value is -2.15. The maximum Gasteiger partial charge on any atom is 0.160 e. The normalized spacial score (nSPS) is 27.7. The molecule has 150 valence electrons. The molecule has 5 rings (SSSR count). The van der Waals surface area contributed by atoms with E-state index in [9.17, 15) is 5.11 Å². The number of aromatic nitrogens is 3. The maximum atomic E-state index is 9.74. The number of aliphatic hydroxyl groups excluding tert-OH is 1. The number of oxime groups is 1. The number of rotatable bonds is 4. The van der Waals surface area contributed by atoms with E-state index in [0.29, 0.717) is 18.9 Å². The van der Waals surface area contributed by atoms with E-state index < -0.39 is 0 Å². The van der Waals surface area contributed by atoms with Crippen molar-refractivity contribution < 1.29 is 9.94 Å². The van der Waals surface area contributed by atoms with Gasteiger partial charge in [0, 0.05) is 43.6 Å². The van der Waals surface area contributed by atoms with Crippen LogP contribution in [0.25, 0.3) is 11.0 Å². The topological polar surface area (TPSA) is 84.6 Å². The van der Waals surface area contributed by atoms with Gasteiger partial charge in [0.2, 0.25) is 0 Å². The number of nitrogens with zero attached hydrogens (tertiary/aromatic N) is 4. The minimum Gasteiger partial charge on any atom is -0.393 e. The minimum absolute atomic E-state index is 0.264. The molecule has 7 nitrogen and oxygen atoms in total. The van der Waals surface area contributed by atoms with Gasteiger partial charge in [-0.1, -0.05) is 24.4 Å². The van der Waals surface area contributed by atoms with Crippen LogP contribution in [0.3, 0.4) is 0 Å². The molecule has 28 heavy (non-hydrogen) atoms. The number of hydrogen-bond donors (Lipinski definition) is 2. The predicted molar refractivity (Wildman–Crippen MR) is 109 cm³/mol. The van der Waals surface area contributed by atoms with E-state index in [2.05, 4.69) is 24.3 Å². The summed E-state index contributed by atoms with van der Waals surface area (Å²) in [5, 5.41) is 23.8. The predicted octanol–water partition coefficient (Wildman–Crippen LogP) is 3.52. The van der Waals surface area contributed by atoms with Crippen molar-refractivity contribution in [1.29, 1.82) is 0 Å². The lowest BCUT2D eigenvalue weighted by Gasteiger charge is -2.39. The highest BCUT2D eigenvalue weighted by Gasteiger charge is 2.50. The molecule has 2 saturated carbocycles. The van der Waals surface area contributed by atoms with Gasteiger partial charge in [-0.25, -0.2) is 9.67 Å². The number of aliphatic hydroxyl groups is 1. The Labute approximate surface area is 165 Å². The standard InChI is InChI=1S/C21H29N5O2/c1-3-26-20-18(13(2)24-26)19(23-14-7-5-4-6-8-14)16(12-22-20)17-11-21(28-25-17)9-15(27)10-21/h12,14-15,27H,3-11H2,1-2H3,(H,22,23). The average Bonchev–Trinajstić information content (AvgIpc) is 3.25. The summed E-state index contributed by atoms with van der Waals surface area (Å²) in [5.74, 6) is 0. The van der Waals surface area contributed by atoms with Crippen molar-refractivity contribution >= 4 is 22.4 Å². The molecule has 7 heteroatoms. The molecule has 3 heterocycles. The third kappa shape index (κ3) is 2.87. The van der Waals surface area contributed by atoms with Crippen LogP contribution in [0.4, 0.5) is 5.69 Å². The molecule has 2 aliphatic carbocycles. The van der Waals surface area contributed by atoms with Crippen LogP contribution in [0.1, 0.15) is 69.5 Å². The third-order valence-corrected chi connectivity index (χ3v) is 6.55. The second-order valence-corrected chi connectivity index (χ2v) is 8.68. The van der Waals surface area contributed by atoms with Gasteiger partial charge in [-0.3, -0.25) is 0 Å². The Morgan fingerprint density at radius 3 is 2.79 bits per heavy atom. The molecule has 2 N–H and O–H groups in total. The molecular formula is C21H29N5O2. The van der Waals surface area contributed by atoms with Crippen LogP contribution < -0.4 is 5.32 Å². The first-order valence-corrected chi connectivity index (χ1v) is 10.6. The summed E-state index contributed by atoms with van der Waals surface area (Å²) in [6.45, 7) is 4.95. The first-order valence-electron chi connectivity index (χ1n) is 10.6. The number of pyridine rings is 1. The summed E-state index contributed by atoms with van der Waals surface area (Å²) >= 11 is 0. The fourth-order valence-corrected chi connectivity index (χ4v) is 5.04. The molecule has 0 unspecified atom stereocenters. The van der Waals surface area contributed by atoms with Gasteiger partial charge >= 0.3 is 0 Å². The second-order valence-electron chi connectivity index (χ2n) is 8.68. The quantitative estimate of drug-likeness (QED) is 0.844. The van der Waals surface area contributed by atoms with Gasteiger partial charge in [-0.2, -0.15) is 5.10 Å². The van der Waals surface area contributed by atoms with Crippen molar-refractivity contribution in [2.45, 2.75) is 89.5 Å². The van der Waals surface area contributed by atoms with Crippen molar-refractivity contribution in [3.05, 3.63) is 17.5 Å². The smallest absolute Gasteiger partial charge is 0.160 e. The zero-order valence-corrected chi connectivity index (χ0v) is 16.7. The van der Waals surface area contributed by atoms with Gasteiger partial charge in [-0.05, 0) is 26.7 Å². The van der Waals surface area contributed by atoms with Crippen LogP contribution in [-0.2, 0) is 11.4 Å². The lowest BCUT2D eigenvalue weighted by atomic mass is 9.74. The monoisotopic (exact) mass is 383 g/mol. The van der Waals surface area contributed by atoms with Crippen molar-refractivity contribution in [3.8, 4) is 0 Å². The molecule has 0 aromatic carbocycles. The van der Waals surface area contributed by atoms with E-state index >= 15 is 0 Å². The van der Waals surface area contributed by atoms with E-state index in [1.54, 1.807) is 0 Å². The summed E-state index contributed by atoms with van der Waals surface area (Å²) in [7, 11) is 0. The summed E-state index contributed by atoms with van der Waals surface area (Å²) in [6, 6.07) is 0.477. The molecule has 2 aromatic rings. The van der Waals surface area contributed by atoms with Gasteiger partial charge in [0.15, 0.2) is 5.65 Å². The highest BCUT2D eigenvalue weighted by atomic mass is 16.7. The summed E-state index contributed by atoms with van der Waals surface area (Å²) in [5.41, 5.74) is 4.67. The number of fused-ring (bicyclic) bond motifs is 1. The van der Waals surface area contributed by atoms with Crippen molar-refractivity contribution in [2.24, 2.45) is 5.16 Å². The van der Waals surface area contributed by atoms with E-state index in [1.807, 2.05) is 10.9 Å². The van der Waals surface area contributed by atoms with Crippen LogP contribution in [0.5, 0.6) is 0 Å². The molecule has 0 radical (unpaired) electrons. The van der Waals surface area contributed by atoms with E-state index in [4.69, 9.17) is 14.9 Å². The molecule has 0 bridgehead atoms. The zero-order valence-electron chi connectivity index (χ0n) is 16.7. The molecule has 0 amide bonds. The molecule has 1 aliphatic heterocycles. The SMILES string of the molecule is CCn1nc(C)c2c(NC3CCCCC3)c(C3=NOC4(C3)CC(O)C4)cnc21. The van der Waals surface area contributed by atoms with E-state index in [-0.39, 0.29) is 11.7 Å². The van der Waals surface area contributed by atoms with Crippen LogP contribution in [0, 0.1) is 6.92 Å². The van der Waals surface area contributed by atoms with Crippen LogP contribution >= 0.6 is 0 Å². The number of nitrogens with one attached hydrogen (secondary N) is 1. The molecular weight excluding hydrogens is 354 g/mol. The highest BCUT2D eigenvalue weighted by molar-refractivity contribution is 6.11. The summed E-state index contributed by atoms with van der Waals surface area (Å²) < 4.78 is 1.97. The van der Waals surface area contributed by atoms with Crippen molar-refractivity contribution in [1.82, 2.24) is 14.8 Å². The van der Waals surface area contributed by atoms with Crippen LogP contribution in [0.15, 0.2) is 11.4 Å². The first kappa shape index (κ1) is 17.9. The summed E-state index contributed by atoms with van der Waals surface area (Å²) in [6.07, 6.45) is 10.00. The number of anilines is 1. The van der Waals surface area contributed by atoms with Crippen molar-refractivity contribution in [2.75, 3.05) is 5.32 Å². The lowest BCUT2D eigenvalue weighted by molar-refractivity contribution is -0.137. The van der Waals surface area contributed by atoms with Gasteiger partial charge in [-0.15, -0.1) is 0 Å². The zero-order chi connectivity index (χ0) is 19.3. The molecule has 2 fully saturated rings. The van der Waals surface area contributed by atoms with Gasteiger partial charge in [0.1, 0.15) is 5.60 Å². The minimum atomic E-state index is -0.311. The van der Waals surface area contributed by atoms with E-state index in [0.717, 1.165) is 46.7 Å². The van der Waals surface area contributed by atoms with Gasteiger partial charge in [0.25, 0.3) is 0 Å². The Morgan fingerprint density at radius 1 is 1.29 bits per heavy atom.